The number of hydrogen-bond donors (Lipinski definition) is 1. The molecule has 1 saturated heterocycles. The number of rotatable bonds is 6. The molecule has 4 aromatic rings. The normalized spacial score (nSPS) is 18.3. The SMILES string of the molecule is COC(=O)c1ccc2c(c1)NC(=O)C2C(=Nc1ccc(CN2CCN(C)CC2)cc1)c1ccc2scnc2c1. The number of amides is 1. The molecule has 1 atom stereocenters. The van der Waals surface area contributed by atoms with Crippen molar-refractivity contribution in [3.05, 3.63) is 88.4 Å². The topological polar surface area (TPSA) is 87.1 Å². The molecule has 3 aromatic carbocycles. The Kier molecular flexibility index (Phi) is 6.95. The highest BCUT2D eigenvalue weighted by atomic mass is 32.1. The van der Waals surface area contributed by atoms with E-state index in [1.165, 1.54) is 12.7 Å². The molecule has 0 aliphatic carbocycles. The summed E-state index contributed by atoms with van der Waals surface area (Å²) >= 11 is 1.57. The van der Waals surface area contributed by atoms with Crippen LogP contribution in [0.1, 0.15) is 33.0 Å². The highest BCUT2D eigenvalue weighted by Gasteiger charge is 2.36. The average Bonchev–Trinajstić information content (AvgIpc) is 3.56. The number of hydrogen-bond acceptors (Lipinski definition) is 8. The number of esters is 1. The van der Waals surface area contributed by atoms with Gasteiger partial charge in [-0.1, -0.05) is 24.3 Å². The molecule has 1 N–H and O–H groups in total. The van der Waals surface area contributed by atoms with Gasteiger partial charge in [0.15, 0.2) is 0 Å². The molecule has 1 aromatic heterocycles. The Hall–Kier alpha value is -3.92. The van der Waals surface area contributed by atoms with Gasteiger partial charge in [-0.25, -0.2) is 9.78 Å². The summed E-state index contributed by atoms with van der Waals surface area (Å²) in [5.74, 6) is -1.27. The Morgan fingerprint density at radius 3 is 2.59 bits per heavy atom. The monoisotopic (exact) mass is 539 g/mol. The van der Waals surface area contributed by atoms with E-state index in [0.717, 1.165) is 59.8 Å². The lowest BCUT2D eigenvalue weighted by Crippen LogP contribution is -2.43. The van der Waals surface area contributed by atoms with Gasteiger partial charge < -0.3 is 15.0 Å². The van der Waals surface area contributed by atoms with E-state index in [-0.39, 0.29) is 5.91 Å². The number of aliphatic imine (C=N–C) groups is 1. The van der Waals surface area contributed by atoms with Crippen LogP contribution >= 0.6 is 11.3 Å². The number of carbonyl (C=O) groups is 2. The van der Waals surface area contributed by atoms with Crippen LogP contribution in [0.3, 0.4) is 0 Å². The number of methoxy groups -OCH3 is 1. The molecule has 1 fully saturated rings. The first kappa shape index (κ1) is 25.4. The molecular formula is C30H29N5O3S. The quantitative estimate of drug-likeness (QED) is 0.283. The molecule has 0 spiro atoms. The molecule has 2 aliphatic heterocycles. The van der Waals surface area contributed by atoms with E-state index in [0.29, 0.717) is 17.0 Å². The van der Waals surface area contributed by atoms with Crippen molar-refractivity contribution >= 4 is 50.5 Å². The highest BCUT2D eigenvalue weighted by Crippen LogP contribution is 2.37. The molecule has 0 saturated carbocycles. The molecule has 8 nitrogen and oxygen atoms in total. The van der Waals surface area contributed by atoms with E-state index < -0.39 is 11.9 Å². The number of thiazole rings is 1. The number of nitrogens with zero attached hydrogens (tertiary/aromatic N) is 4. The number of anilines is 1. The summed E-state index contributed by atoms with van der Waals surface area (Å²) in [4.78, 5) is 39.8. The van der Waals surface area contributed by atoms with Crippen LogP contribution in [-0.2, 0) is 16.1 Å². The fourth-order valence-electron chi connectivity index (χ4n) is 5.17. The number of benzene rings is 3. The minimum absolute atomic E-state index is 0.184. The maximum atomic E-state index is 13.4. The minimum Gasteiger partial charge on any atom is -0.465 e. The molecule has 1 unspecified atom stereocenters. The highest BCUT2D eigenvalue weighted by molar-refractivity contribution is 7.16. The van der Waals surface area contributed by atoms with Gasteiger partial charge in [0.1, 0.15) is 5.92 Å². The van der Waals surface area contributed by atoms with Crippen LogP contribution in [0.4, 0.5) is 11.4 Å². The van der Waals surface area contributed by atoms with Gasteiger partial charge in [-0.15, -0.1) is 11.3 Å². The second-order valence-electron chi connectivity index (χ2n) is 9.99. The lowest BCUT2D eigenvalue weighted by Gasteiger charge is -2.32. The predicted octanol–water partition coefficient (Wildman–Crippen LogP) is 4.69. The number of ether oxygens (including phenoxy) is 1. The smallest absolute Gasteiger partial charge is 0.337 e. The lowest BCUT2D eigenvalue weighted by atomic mass is 9.90. The van der Waals surface area contributed by atoms with E-state index in [2.05, 4.69) is 39.3 Å². The fourth-order valence-corrected chi connectivity index (χ4v) is 5.83. The van der Waals surface area contributed by atoms with Gasteiger partial charge >= 0.3 is 5.97 Å². The second-order valence-corrected chi connectivity index (χ2v) is 10.9. The third kappa shape index (κ3) is 5.21. The average molecular weight is 540 g/mol. The first-order valence-corrected chi connectivity index (χ1v) is 13.8. The van der Waals surface area contributed by atoms with Gasteiger partial charge in [-0.05, 0) is 60.1 Å². The van der Waals surface area contributed by atoms with Crippen molar-refractivity contribution in [3.63, 3.8) is 0 Å². The predicted molar refractivity (Wildman–Crippen MR) is 154 cm³/mol. The zero-order valence-corrected chi connectivity index (χ0v) is 22.7. The van der Waals surface area contributed by atoms with Gasteiger partial charge in [-0.3, -0.25) is 14.7 Å². The van der Waals surface area contributed by atoms with Crippen LogP contribution in [0.25, 0.3) is 10.2 Å². The van der Waals surface area contributed by atoms with Crippen molar-refractivity contribution in [3.8, 4) is 0 Å². The molecule has 6 rings (SSSR count). The molecule has 0 radical (unpaired) electrons. The number of fused-ring (bicyclic) bond motifs is 2. The summed E-state index contributed by atoms with van der Waals surface area (Å²) in [6.45, 7) is 5.20. The Balaban J connectivity index is 1.36. The maximum Gasteiger partial charge on any atom is 0.337 e. The van der Waals surface area contributed by atoms with E-state index in [1.54, 1.807) is 29.5 Å². The Morgan fingerprint density at radius 1 is 1.05 bits per heavy atom. The first-order valence-electron chi connectivity index (χ1n) is 12.9. The molecule has 198 valence electrons. The number of nitrogens with one attached hydrogen (secondary N) is 1. The molecule has 0 bridgehead atoms. The van der Waals surface area contributed by atoms with Crippen molar-refractivity contribution in [1.29, 1.82) is 0 Å². The second kappa shape index (κ2) is 10.7. The van der Waals surface area contributed by atoms with E-state index in [9.17, 15) is 9.59 Å². The summed E-state index contributed by atoms with van der Waals surface area (Å²) in [5.41, 5.74) is 7.92. The summed E-state index contributed by atoms with van der Waals surface area (Å²) in [6, 6.07) is 19.4. The van der Waals surface area contributed by atoms with Crippen molar-refractivity contribution in [2.45, 2.75) is 12.5 Å². The standard InChI is InChI=1S/C30H29N5O3S/c1-34-11-13-35(14-12-34)17-19-3-7-22(8-4-19)32-28(20-6-10-26-25(15-20)31-18-39-26)27-23-9-5-21(30(37)38-2)16-24(23)33-29(27)36/h3-10,15-16,18,27H,11-14,17H2,1-2H3,(H,33,36). The summed E-state index contributed by atoms with van der Waals surface area (Å²) in [7, 11) is 3.50. The van der Waals surface area contributed by atoms with Gasteiger partial charge in [0.25, 0.3) is 0 Å². The van der Waals surface area contributed by atoms with Gasteiger partial charge in [0.05, 0.1) is 39.8 Å². The van der Waals surface area contributed by atoms with E-state index in [1.807, 2.05) is 35.8 Å². The number of likely N-dealkylation sites (N-methyl/N-ethyl adjacent to an activating group) is 1. The Morgan fingerprint density at radius 2 is 1.82 bits per heavy atom. The fraction of sp³-hybridized carbons (Fsp3) is 0.267. The zero-order chi connectivity index (χ0) is 26.9. The van der Waals surface area contributed by atoms with Crippen molar-refractivity contribution in [2.75, 3.05) is 45.7 Å². The summed E-state index contributed by atoms with van der Waals surface area (Å²) in [5, 5.41) is 2.94. The van der Waals surface area contributed by atoms with Gasteiger partial charge in [-0.2, -0.15) is 0 Å². The first-order chi connectivity index (χ1) is 19.0. The van der Waals surface area contributed by atoms with Gasteiger partial charge in [0.2, 0.25) is 5.91 Å². The van der Waals surface area contributed by atoms with Crippen LogP contribution in [0, 0.1) is 0 Å². The third-order valence-electron chi connectivity index (χ3n) is 7.39. The number of piperazine rings is 1. The third-order valence-corrected chi connectivity index (χ3v) is 8.20. The van der Waals surface area contributed by atoms with Crippen LogP contribution in [-0.4, -0.2) is 72.7 Å². The van der Waals surface area contributed by atoms with Crippen molar-refractivity contribution in [1.82, 2.24) is 14.8 Å². The van der Waals surface area contributed by atoms with E-state index >= 15 is 0 Å². The van der Waals surface area contributed by atoms with Crippen molar-refractivity contribution in [2.24, 2.45) is 4.99 Å². The van der Waals surface area contributed by atoms with Crippen LogP contribution < -0.4 is 5.32 Å². The number of aromatic nitrogens is 1. The van der Waals surface area contributed by atoms with Crippen LogP contribution in [0.15, 0.2) is 71.2 Å². The summed E-state index contributed by atoms with van der Waals surface area (Å²) in [6.07, 6.45) is 0. The van der Waals surface area contributed by atoms with Crippen LogP contribution in [0.2, 0.25) is 0 Å². The molecular weight excluding hydrogens is 510 g/mol. The Labute approximate surface area is 230 Å². The molecule has 39 heavy (non-hydrogen) atoms. The minimum atomic E-state index is -0.632. The maximum absolute atomic E-state index is 13.4. The van der Waals surface area contributed by atoms with E-state index in [4.69, 9.17) is 9.73 Å². The molecule has 9 heteroatoms. The lowest BCUT2D eigenvalue weighted by molar-refractivity contribution is -0.115. The van der Waals surface area contributed by atoms with Crippen molar-refractivity contribution < 1.29 is 14.3 Å². The molecule has 2 aliphatic rings. The summed E-state index contributed by atoms with van der Waals surface area (Å²) < 4.78 is 5.93. The zero-order valence-electron chi connectivity index (χ0n) is 21.9. The van der Waals surface area contributed by atoms with Gasteiger partial charge in [0, 0.05) is 38.4 Å². The largest absolute Gasteiger partial charge is 0.465 e. The Bertz CT molecular complexity index is 1570. The molecule has 3 heterocycles. The van der Waals surface area contributed by atoms with Crippen LogP contribution in [0.5, 0.6) is 0 Å². The number of carbonyl (C=O) groups excluding carboxylic acids is 2. The molecule has 1 amide bonds.